The Labute approximate surface area is 118 Å². The summed E-state index contributed by atoms with van der Waals surface area (Å²) in [6.45, 7) is 7.25. The molecule has 0 radical (unpaired) electrons. The Morgan fingerprint density at radius 2 is 2.20 bits per heavy atom. The monoisotopic (exact) mass is 278 g/mol. The van der Waals surface area contributed by atoms with E-state index in [4.69, 9.17) is 10.5 Å². The first-order valence-corrected chi connectivity index (χ1v) is 6.64. The maximum absolute atomic E-state index is 11.3. The van der Waals surface area contributed by atoms with Gasteiger partial charge < -0.3 is 15.8 Å². The average Bonchev–Trinajstić information content (AvgIpc) is 2.89. The van der Waals surface area contributed by atoms with Gasteiger partial charge in [-0.2, -0.15) is 5.10 Å². The number of ether oxygens (including phenoxy) is 1. The molecule has 0 fully saturated rings. The van der Waals surface area contributed by atoms with Gasteiger partial charge >= 0.3 is 0 Å². The molecule has 1 amide bonds. The third kappa shape index (κ3) is 3.27. The van der Waals surface area contributed by atoms with E-state index in [1.807, 2.05) is 26.8 Å². The quantitative estimate of drug-likeness (QED) is 0.817. The Kier molecular flexibility index (Phi) is 5.99. The minimum atomic E-state index is -0.470. The van der Waals surface area contributed by atoms with Gasteiger partial charge in [-0.15, -0.1) is 0 Å². The molecule has 0 bridgehead atoms. The van der Waals surface area contributed by atoms with Crippen molar-refractivity contribution in [2.45, 2.75) is 20.8 Å². The smallest absolute Gasteiger partial charge is 0.252 e. The van der Waals surface area contributed by atoms with Gasteiger partial charge in [-0.25, -0.2) is 4.52 Å². The molecule has 0 aliphatic heterocycles. The number of nitrogens with zero attached hydrogens (tertiary/aromatic N) is 2. The second-order valence-corrected chi connectivity index (χ2v) is 3.99. The van der Waals surface area contributed by atoms with Crippen molar-refractivity contribution in [3.8, 4) is 0 Å². The summed E-state index contributed by atoms with van der Waals surface area (Å²) in [6.07, 6.45) is 3.29. The number of nitrogens with two attached hydrogens (primary N) is 1. The molecule has 0 atom stereocenters. The Morgan fingerprint density at radius 1 is 1.50 bits per heavy atom. The van der Waals surface area contributed by atoms with Gasteiger partial charge in [0.2, 0.25) is 0 Å². The number of carbonyl (C=O) groups excluding carboxylic acids is 1. The molecular formula is C14H22N4O2. The normalized spacial score (nSPS) is 10.0. The summed E-state index contributed by atoms with van der Waals surface area (Å²) in [5, 5.41) is 7.35. The van der Waals surface area contributed by atoms with Crippen LogP contribution in [0.25, 0.3) is 5.52 Å². The van der Waals surface area contributed by atoms with Crippen LogP contribution >= 0.6 is 0 Å². The Bertz CT molecular complexity index is 578. The molecule has 0 aliphatic rings. The molecule has 2 heterocycles. The van der Waals surface area contributed by atoms with Gasteiger partial charge in [0.1, 0.15) is 0 Å². The van der Waals surface area contributed by atoms with E-state index in [9.17, 15) is 4.79 Å². The van der Waals surface area contributed by atoms with Gasteiger partial charge in [0, 0.05) is 25.5 Å². The molecule has 0 unspecified atom stereocenters. The zero-order chi connectivity index (χ0) is 15.1. The van der Waals surface area contributed by atoms with Crippen LogP contribution in [0.1, 0.15) is 29.8 Å². The molecule has 0 aromatic carbocycles. The predicted octanol–water partition coefficient (Wildman–Crippen LogP) is 1.83. The number of amides is 1. The number of pyridine rings is 1. The first-order chi connectivity index (χ1) is 9.65. The van der Waals surface area contributed by atoms with Crippen molar-refractivity contribution >= 4 is 17.1 Å². The van der Waals surface area contributed by atoms with E-state index in [1.165, 1.54) is 6.20 Å². The van der Waals surface area contributed by atoms with Gasteiger partial charge in [0.25, 0.3) is 5.91 Å². The van der Waals surface area contributed by atoms with Crippen molar-refractivity contribution < 1.29 is 9.53 Å². The highest BCUT2D eigenvalue weighted by Crippen LogP contribution is 2.22. The summed E-state index contributed by atoms with van der Waals surface area (Å²) in [5.41, 5.74) is 8.40. The van der Waals surface area contributed by atoms with Crippen LogP contribution in [-0.2, 0) is 4.74 Å². The zero-order valence-corrected chi connectivity index (χ0v) is 12.4. The first-order valence-electron chi connectivity index (χ1n) is 6.64. The largest absolute Gasteiger partial charge is 0.383 e. The molecule has 0 spiro atoms. The van der Waals surface area contributed by atoms with Crippen LogP contribution in [-0.4, -0.2) is 35.8 Å². The number of methoxy groups -OCH3 is 1. The summed E-state index contributed by atoms with van der Waals surface area (Å²) in [4.78, 5) is 11.3. The third-order valence-corrected chi connectivity index (χ3v) is 2.82. The van der Waals surface area contributed by atoms with Crippen LogP contribution in [0, 0.1) is 6.92 Å². The van der Waals surface area contributed by atoms with Crippen molar-refractivity contribution in [3.63, 3.8) is 0 Å². The lowest BCUT2D eigenvalue weighted by Crippen LogP contribution is -2.12. The minimum Gasteiger partial charge on any atom is -0.383 e. The van der Waals surface area contributed by atoms with Gasteiger partial charge in [0.15, 0.2) is 0 Å². The molecule has 6 nitrogen and oxygen atoms in total. The highest BCUT2D eigenvalue weighted by atomic mass is 16.5. The van der Waals surface area contributed by atoms with Gasteiger partial charge in [0.05, 0.1) is 23.9 Å². The number of rotatable bonds is 5. The van der Waals surface area contributed by atoms with Crippen molar-refractivity contribution in [1.29, 1.82) is 0 Å². The number of aryl methyl sites for hydroxylation is 1. The summed E-state index contributed by atoms with van der Waals surface area (Å²) in [7, 11) is 1.65. The average molecular weight is 278 g/mol. The van der Waals surface area contributed by atoms with Gasteiger partial charge in [-0.1, -0.05) is 13.8 Å². The van der Waals surface area contributed by atoms with Crippen molar-refractivity contribution in [2.24, 2.45) is 5.73 Å². The second kappa shape index (κ2) is 7.49. The number of anilines is 1. The van der Waals surface area contributed by atoms with Crippen LogP contribution in [0.2, 0.25) is 0 Å². The number of carbonyl (C=O) groups is 1. The maximum atomic E-state index is 11.3. The Hall–Kier alpha value is -2.08. The van der Waals surface area contributed by atoms with E-state index >= 15 is 0 Å². The van der Waals surface area contributed by atoms with E-state index in [2.05, 4.69) is 10.4 Å². The lowest BCUT2D eigenvalue weighted by atomic mass is 10.1. The summed E-state index contributed by atoms with van der Waals surface area (Å²) in [5.74, 6) is -0.470. The fourth-order valence-corrected chi connectivity index (χ4v) is 1.91. The van der Waals surface area contributed by atoms with Crippen LogP contribution in [0.5, 0.6) is 0 Å². The fourth-order valence-electron chi connectivity index (χ4n) is 1.91. The molecule has 2 aromatic rings. The summed E-state index contributed by atoms with van der Waals surface area (Å²) >= 11 is 0. The molecule has 3 N–H and O–H groups in total. The zero-order valence-electron chi connectivity index (χ0n) is 12.4. The molecule has 0 aliphatic carbocycles. The number of primary amides is 1. The predicted molar refractivity (Wildman–Crippen MR) is 80.2 cm³/mol. The summed E-state index contributed by atoms with van der Waals surface area (Å²) < 4.78 is 6.63. The SMILES string of the molecule is CC.COCCNc1ccn2ncc(C(N)=O)c2c1C. The first kappa shape index (κ1) is 16.0. The van der Waals surface area contributed by atoms with Crippen molar-refractivity contribution in [1.82, 2.24) is 9.61 Å². The topological polar surface area (TPSA) is 81.7 Å². The molecule has 0 saturated heterocycles. The molecule has 6 heteroatoms. The fraction of sp³-hybridized carbons (Fsp3) is 0.429. The number of aromatic nitrogens is 2. The van der Waals surface area contributed by atoms with Crippen molar-refractivity contribution in [3.05, 3.63) is 29.6 Å². The van der Waals surface area contributed by atoms with Crippen LogP contribution < -0.4 is 11.1 Å². The van der Waals surface area contributed by atoms with Gasteiger partial charge in [-0.3, -0.25) is 4.79 Å². The Morgan fingerprint density at radius 3 is 2.80 bits per heavy atom. The Balaban J connectivity index is 0.000000956. The molecular weight excluding hydrogens is 256 g/mol. The van der Waals surface area contributed by atoms with E-state index in [0.717, 1.165) is 16.8 Å². The van der Waals surface area contributed by atoms with E-state index in [-0.39, 0.29) is 0 Å². The molecule has 2 rings (SSSR count). The number of fused-ring (bicyclic) bond motifs is 1. The third-order valence-electron chi connectivity index (χ3n) is 2.82. The highest BCUT2D eigenvalue weighted by molar-refractivity contribution is 6.01. The molecule has 110 valence electrons. The number of nitrogens with one attached hydrogen (secondary N) is 1. The lowest BCUT2D eigenvalue weighted by molar-refractivity contribution is 0.100. The summed E-state index contributed by atoms with van der Waals surface area (Å²) in [6, 6.07) is 1.91. The van der Waals surface area contributed by atoms with E-state index in [0.29, 0.717) is 18.7 Å². The molecule has 20 heavy (non-hydrogen) atoms. The lowest BCUT2D eigenvalue weighted by Gasteiger charge is -2.10. The van der Waals surface area contributed by atoms with E-state index < -0.39 is 5.91 Å². The van der Waals surface area contributed by atoms with Crippen molar-refractivity contribution in [2.75, 3.05) is 25.6 Å². The van der Waals surface area contributed by atoms with Gasteiger partial charge in [-0.05, 0) is 18.6 Å². The van der Waals surface area contributed by atoms with E-state index in [1.54, 1.807) is 17.8 Å². The van der Waals surface area contributed by atoms with Crippen LogP contribution in [0.4, 0.5) is 5.69 Å². The molecule has 0 saturated carbocycles. The molecule has 2 aromatic heterocycles. The van der Waals surface area contributed by atoms with Crippen LogP contribution in [0.3, 0.4) is 0 Å². The minimum absolute atomic E-state index is 0.433. The standard InChI is InChI=1S/C12H16N4O2.C2H6/c1-8-10(14-4-6-18-2)3-5-16-11(8)9(7-15-16)12(13)17;1-2/h3,5,7,14H,4,6H2,1-2H3,(H2,13,17);1-2H3. The number of hydrogen-bond donors (Lipinski definition) is 2. The highest BCUT2D eigenvalue weighted by Gasteiger charge is 2.13. The van der Waals surface area contributed by atoms with Crippen LogP contribution in [0.15, 0.2) is 18.5 Å². The maximum Gasteiger partial charge on any atom is 0.252 e. The number of hydrogen-bond acceptors (Lipinski definition) is 4. The second-order valence-electron chi connectivity index (χ2n) is 3.99.